The minimum atomic E-state index is -0.406. The van der Waals surface area contributed by atoms with E-state index < -0.39 is 6.03 Å². The van der Waals surface area contributed by atoms with E-state index in [0.717, 1.165) is 16.8 Å². The van der Waals surface area contributed by atoms with E-state index in [-0.39, 0.29) is 17.8 Å². The zero-order valence-electron chi connectivity index (χ0n) is 24.7. The summed E-state index contributed by atoms with van der Waals surface area (Å²) in [6, 6.07) is 38.2. The largest absolute Gasteiger partial charge is 0.489 e. The molecule has 1 unspecified atom stereocenters. The van der Waals surface area contributed by atoms with Crippen LogP contribution in [0.5, 0.6) is 5.75 Å². The molecular weight excluding hydrogens is 564 g/mol. The van der Waals surface area contributed by atoms with Gasteiger partial charge in [0.05, 0.1) is 11.4 Å². The van der Waals surface area contributed by atoms with Gasteiger partial charge >= 0.3 is 6.03 Å². The van der Waals surface area contributed by atoms with Crippen LogP contribution in [0.3, 0.4) is 0 Å². The maximum Gasteiger partial charge on any atom is 0.323 e. The Morgan fingerprint density at radius 1 is 0.711 bits per heavy atom. The Kier molecular flexibility index (Phi) is 9.71. The number of nitrogens with one attached hydrogen (secondary N) is 5. The van der Waals surface area contributed by atoms with Gasteiger partial charge in [0.15, 0.2) is 0 Å². The summed E-state index contributed by atoms with van der Waals surface area (Å²) >= 11 is 0. The van der Waals surface area contributed by atoms with Gasteiger partial charge in [-0.05, 0) is 78.7 Å². The number of amidine groups is 1. The van der Waals surface area contributed by atoms with E-state index in [1.165, 1.54) is 0 Å². The Morgan fingerprint density at radius 3 is 2.09 bits per heavy atom. The first-order valence-electron chi connectivity index (χ1n) is 14.4. The lowest BCUT2D eigenvalue weighted by Crippen LogP contribution is -2.21. The molecule has 0 aliphatic heterocycles. The van der Waals surface area contributed by atoms with Gasteiger partial charge in [0, 0.05) is 34.6 Å². The second-order valence-electron chi connectivity index (χ2n) is 10.4. The fourth-order valence-electron chi connectivity index (χ4n) is 4.58. The molecule has 5 aromatic carbocycles. The molecule has 0 aromatic heterocycles. The first-order chi connectivity index (χ1) is 21.8. The molecule has 226 valence electrons. The Labute approximate surface area is 262 Å². The molecule has 1 atom stereocenters. The Bertz CT molecular complexity index is 1770. The van der Waals surface area contributed by atoms with E-state index >= 15 is 0 Å². The summed E-state index contributed by atoms with van der Waals surface area (Å²) in [6.45, 7) is 2.45. The van der Waals surface area contributed by atoms with Gasteiger partial charge < -0.3 is 31.7 Å². The summed E-state index contributed by atoms with van der Waals surface area (Å²) < 4.78 is 5.88. The van der Waals surface area contributed by atoms with Gasteiger partial charge in [-0.25, -0.2) is 4.79 Å². The standard InChI is InChI=1S/C36H34N6O3/c1-24(39-32-12-5-6-13-33(32)42-36(44)41-29-20-18-27(19-21-29)34(37)38)26-14-16-28(17-15-26)35(43)40-30-10-7-11-31(22-30)45-23-25-8-3-2-4-9-25/h2-22,24,39H,23H2,1H3,(H3,37,38)(H,40,43)(H2,41,42,44). The summed E-state index contributed by atoms with van der Waals surface area (Å²) in [7, 11) is 0. The third kappa shape index (κ3) is 8.48. The van der Waals surface area contributed by atoms with Crippen LogP contribution in [0.15, 0.2) is 127 Å². The maximum atomic E-state index is 13.0. The molecule has 5 aromatic rings. The van der Waals surface area contributed by atoms with E-state index in [1.54, 1.807) is 42.5 Å². The Hall–Kier alpha value is -6.09. The molecule has 5 rings (SSSR count). The topological polar surface area (TPSA) is 141 Å². The van der Waals surface area contributed by atoms with Gasteiger partial charge in [0.1, 0.15) is 18.2 Å². The minimum absolute atomic E-state index is 0.0374. The number of ether oxygens (including phenoxy) is 1. The van der Waals surface area contributed by atoms with Crippen LogP contribution in [0, 0.1) is 5.41 Å². The van der Waals surface area contributed by atoms with Crippen LogP contribution in [0.4, 0.5) is 27.5 Å². The van der Waals surface area contributed by atoms with Crippen LogP contribution in [0.2, 0.25) is 0 Å². The van der Waals surface area contributed by atoms with E-state index in [9.17, 15) is 9.59 Å². The summed E-state index contributed by atoms with van der Waals surface area (Å²) in [5.41, 5.74) is 11.2. The van der Waals surface area contributed by atoms with Crippen molar-refractivity contribution in [3.8, 4) is 5.75 Å². The van der Waals surface area contributed by atoms with Crippen LogP contribution >= 0.6 is 0 Å². The van der Waals surface area contributed by atoms with Crippen molar-refractivity contribution in [1.82, 2.24) is 0 Å². The van der Waals surface area contributed by atoms with Crippen molar-refractivity contribution >= 4 is 40.5 Å². The molecule has 0 radical (unpaired) electrons. The smallest absolute Gasteiger partial charge is 0.323 e. The molecule has 3 amide bonds. The summed E-state index contributed by atoms with van der Waals surface area (Å²) in [5, 5.41) is 19.5. The van der Waals surface area contributed by atoms with E-state index in [0.29, 0.717) is 40.5 Å². The van der Waals surface area contributed by atoms with E-state index in [4.69, 9.17) is 15.9 Å². The Morgan fingerprint density at radius 2 is 1.38 bits per heavy atom. The van der Waals surface area contributed by atoms with Gasteiger partial charge in [-0.1, -0.05) is 60.7 Å². The highest BCUT2D eigenvalue weighted by atomic mass is 16.5. The molecule has 9 nitrogen and oxygen atoms in total. The molecule has 45 heavy (non-hydrogen) atoms. The lowest BCUT2D eigenvalue weighted by atomic mass is 10.0. The van der Waals surface area contributed by atoms with Gasteiger partial charge in [0.2, 0.25) is 0 Å². The minimum Gasteiger partial charge on any atom is -0.489 e. The second-order valence-corrected chi connectivity index (χ2v) is 10.4. The fourth-order valence-corrected chi connectivity index (χ4v) is 4.58. The number of nitrogen functional groups attached to an aromatic ring is 1. The van der Waals surface area contributed by atoms with Crippen molar-refractivity contribution in [2.75, 3.05) is 21.3 Å². The second kappa shape index (κ2) is 14.4. The number of nitrogens with two attached hydrogens (primary N) is 1. The van der Waals surface area contributed by atoms with Crippen molar-refractivity contribution < 1.29 is 14.3 Å². The van der Waals surface area contributed by atoms with Crippen molar-refractivity contribution in [3.63, 3.8) is 0 Å². The molecular formula is C36H34N6O3. The van der Waals surface area contributed by atoms with Crippen LogP contribution in [-0.2, 0) is 6.61 Å². The number of anilines is 4. The van der Waals surface area contributed by atoms with Crippen molar-refractivity contribution in [2.24, 2.45) is 5.73 Å². The van der Waals surface area contributed by atoms with Crippen molar-refractivity contribution in [3.05, 3.63) is 150 Å². The predicted molar refractivity (Wildman–Crippen MR) is 180 cm³/mol. The number of carbonyl (C=O) groups excluding carboxylic acids is 2. The van der Waals surface area contributed by atoms with Crippen molar-refractivity contribution in [2.45, 2.75) is 19.6 Å². The van der Waals surface area contributed by atoms with Gasteiger partial charge in [-0.3, -0.25) is 10.2 Å². The molecule has 0 bridgehead atoms. The van der Waals surface area contributed by atoms with Crippen LogP contribution < -0.4 is 31.7 Å². The zero-order valence-corrected chi connectivity index (χ0v) is 24.7. The van der Waals surface area contributed by atoms with E-state index in [1.807, 2.05) is 91.9 Å². The molecule has 0 aliphatic carbocycles. The Balaban J connectivity index is 1.16. The number of hydrogen-bond acceptors (Lipinski definition) is 5. The fraction of sp³-hybridized carbons (Fsp3) is 0.0833. The third-order valence-electron chi connectivity index (χ3n) is 7.01. The lowest BCUT2D eigenvalue weighted by Gasteiger charge is -2.19. The van der Waals surface area contributed by atoms with Gasteiger partial charge in [0.25, 0.3) is 5.91 Å². The van der Waals surface area contributed by atoms with Gasteiger partial charge in [-0.2, -0.15) is 0 Å². The van der Waals surface area contributed by atoms with Gasteiger partial charge in [-0.15, -0.1) is 0 Å². The number of urea groups is 1. The third-order valence-corrected chi connectivity index (χ3v) is 7.01. The molecule has 9 heteroatoms. The molecule has 0 aliphatic rings. The molecule has 7 N–H and O–H groups in total. The number of para-hydroxylation sites is 2. The average molecular weight is 599 g/mol. The van der Waals surface area contributed by atoms with Crippen molar-refractivity contribution in [1.29, 1.82) is 5.41 Å². The normalized spacial score (nSPS) is 11.1. The monoisotopic (exact) mass is 598 g/mol. The van der Waals surface area contributed by atoms with Crippen LogP contribution in [0.1, 0.15) is 40.0 Å². The maximum absolute atomic E-state index is 13.0. The summed E-state index contributed by atoms with van der Waals surface area (Å²) in [5.74, 6) is 0.408. The van der Waals surface area contributed by atoms with Crippen LogP contribution in [0.25, 0.3) is 0 Å². The zero-order chi connectivity index (χ0) is 31.6. The number of hydrogen-bond donors (Lipinski definition) is 6. The molecule has 0 saturated carbocycles. The average Bonchev–Trinajstić information content (AvgIpc) is 3.05. The first kappa shape index (κ1) is 30.4. The summed E-state index contributed by atoms with van der Waals surface area (Å²) in [4.78, 5) is 25.7. The SMILES string of the molecule is CC(Nc1ccccc1NC(=O)Nc1ccc(C(=N)N)cc1)c1ccc(C(=O)Nc2cccc(OCc3ccccc3)c2)cc1. The van der Waals surface area contributed by atoms with Crippen LogP contribution in [-0.4, -0.2) is 17.8 Å². The quantitative estimate of drug-likeness (QED) is 0.0685. The molecule has 0 fully saturated rings. The number of benzene rings is 5. The predicted octanol–water partition coefficient (Wildman–Crippen LogP) is 7.62. The first-order valence-corrected chi connectivity index (χ1v) is 14.4. The molecule has 0 heterocycles. The molecule has 0 spiro atoms. The highest BCUT2D eigenvalue weighted by Gasteiger charge is 2.13. The number of amides is 3. The van der Waals surface area contributed by atoms with E-state index in [2.05, 4.69) is 21.3 Å². The number of rotatable bonds is 11. The molecule has 0 saturated heterocycles. The lowest BCUT2D eigenvalue weighted by molar-refractivity contribution is 0.102. The highest BCUT2D eigenvalue weighted by molar-refractivity contribution is 6.04. The highest BCUT2D eigenvalue weighted by Crippen LogP contribution is 2.27. The number of carbonyl (C=O) groups is 2. The summed E-state index contributed by atoms with van der Waals surface area (Å²) in [6.07, 6.45) is 0.